The quantitative estimate of drug-likeness (QED) is 0.383. The van der Waals surface area contributed by atoms with Crippen LogP contribution in [0.25, 0.3) is 5.70 Å². The highest BCUT2D eigenvalue weighted by Gasteiger charge is 2.40. The fourth-order valence-corrected chi connectivity index (χ4v) is 3.10. The minimum absolute atomic E-state index is 0.0567. The van der Waals surface area contributed by atoms with Crippen molar-refractivity contribution in [2.75, 3.05) is 18.5 Å². The van der Waals surface area contributed by atoms with Gasteiger partial charge in [0.05, 0.1) is 5.70 Å². The summed E-state index contributed by atoms with van der Waals surface area (Å²) in [6, 6.07) is 13.3. The van der Waals surface area contributed by atoms with Gasteiger partial charge in [0.15, 0.2) is 0 Å². The number of pyridine rings is 1. The van der Waals surface area contributed by atoms with E-state index >= 15 is 0 Å². The van der Waals surface area contributed by atoms with Crippen LogP contribution in [0.15, 0.2) is 65.9 Å². The zero-order chi connectivity index (χ0) is 18.4. The summed E-state index contributed by atoms with van der Waals surface area (Å²) in [6.07, 6.45) is 5.62. The van der Waals surface area contributed by atoms with Gasteiger partial charge < -0.3 is 10.4 Å². The van der Waals surface area contributed by atoms with Crippen molar-refractivity contribution in [2.45, 2.75) is 12.3 Å². The van der Waals surface area contributed by atoms with Crippen LogP contribution in [0.4, 0.5) is 5.69 Å². The zero-order valence-corrected chi connectivity index (χ0v) is 15.5. The van der Waals surface area contributed by atoms with Gasteiger partial charge in [-0.3, -0.25) is 10.3 Å². The first-order chi connectivity index (χ1) is 12.6. The number of aliphatic hydroxyl groups excluding tert-OH is 1. The van der Waals surface area contributed by atoms with Crippen LogP contribution in [0.3, 0.4) is 0 Å². The number of benzene rings is 1. The molecule has 1 aliphatic rings. The predicted molar refractivity (Wildman–Crippen MR) is 106 cm³/mol. The second-order valence-corrected chi connectivity index (χ2v) is 6.37. The minimum Gasteiger partial charge on any atom is -0.396 e. The Morgan fingerprint density at radius 3 is 2.54 bits per heavy atom. The number of aromatic nitrogens is 1. The number of halogens is 2. The van der Waals surface area contributed by atoms with Crippen molar-refractivity contribution >= 4 is 39.9 Å². The predicted octanol–water partition coefficient (Wildman–Crippen LogP) is 3.22. The van der Waals surface area contributed by atoms with Gasteiger partial charge in [-0.25, -0.2) is 9.41 Å². The molecule has 0 amide bonds. The van der Waals surface area contributed by atoms with Crippen LogP contribution in [0, 0.1) is 0 Å². The second-order valence-electron chi connectivity index (χ2n) is 5.65. The van der Waals surface area contributed by atoms with E-state index in [9.17, 15) is 0 Å². The molecule has 2 heterocycles. The Bertz CT molecular complexity index is 785. The van der Waals surface area contributed by atoms with Crippen LogP contribution in [0.2, 0.25) is 0 Å². The van der Waals surface area contributed by atoms with Gasteiger partial charge in [-0.15, -0.1) is 0 Å². The van der Waals surface area contributed by atoms with Gasteiger partial charge >= 0.3 is 0 Å². The standard InChI is InChI=1S/C18H19Cl2N5O/c19-17-13-16(14-7-10-21-11-8-14)25(20)18(24-17,22-9-4-12-26)23-15-5-2-1-3-6-15/h1-3,5-8,10-11,13,22-23,26H,4,9,12H2. The normalized spacial score (nSPS) is 19.7. The van der Waals surface area contributed by atoms with E-state index in [-0.39, 0.29) is 6.61 Å². The molecule has 3 N–H and O–H groups in total. The van der Waals surface area contributed by atoms with Gasteiger partial charge in [-0.05, 0) is 30.7 Å². The topological polar surface area (TPSA) is 72.8 Å². The number of nitrogens with one attached hydrogen (secondary N) is 2. The van der Waals surface area contributed by atoms with Crippen molar-refractivity contribution < 1.29 is 5.11 Å². The molecule has 0 spiro atoms. The van der Waals surface area contributed by atoms with Crippen molar-refractivity contribution in [3.8, 4) is 0 Å². The molecule has 0 radical (unpaired) electrons. The molecule has 0 aliphatic carbocycles. The lowest BCUT2D eigenvalue weighted by molar-refractivity contribution is 0.226. The largest absolute Gasteiger partial charge is 0.396 e. The number of rotatable bonds is 7. The maximum atomic E-state index is 9.13. The van der Waals surface area contributed by atoms with E-state index in [1.807, 2.05) is 42.5 Å². The molecule has 0 saturated heterocycles. The van der Waals surface area contributed by atoms with Crippen LogP contribution < -0.4 is 10.6 Å². The molecule has 1 unspecified atom stereocenters. The van der Waals surface area contributed by atoms with Gasteiger partial charge in [0, 0.05) is 54.6 Å². The first kappa shape index (κ1) is 18.7. The average Bonchev–Trinajstić information content (AvgIpc) is 2.66. The average molecular weight is 392 g/mol. The van der Waals surface area contributed by atoms with Crippen LogP contribution in [-0.2, 0) is 0 Å². The highest BCUT2D eigenvalue weighted by atomic mass is 35.5. The third-order valence-corrected chi connectivity index (χ3v) is 4.42. The smallest absolute Gasteiger partial charge is 0.284 e. The summed E-state index contributed by atoms with van der Waals surface area (Å²) >= 11 is 13.1. The summed E-state index contributed by atoms with van der Waals surface area (Å²) < 4.78 is 1.47. The number of allylic oxidation sites excluding steroid dienone is 1. The number of hydrogen-bond acceptors (Lipinski definition) is 6. The van der Waals surface area contributed by atoms with Crippen LogP contribution in [0.1, 0.15) is 12.0 Å². The Labute approximate surface area is 162 Å². The Morgan fingerprint density at radius 1 is 1.12 bits per heavy atom. The SMILES string of the molecule is OCCCNC1(Nc2ccccc2)N=C(Cl)C=C(c2ccncc2)N1Cl. The van der Waals surface area contributed by atoms with E-state index in [1.165, 1.54) is 4.42 Å². The molecule has 0 fully saturated rings. The Kier molecular flexibility index (Phi) is 6.11. The second kappa shape index (κ2) is 8.51. The van der Waals surface area contributed by atoms with E-state index in [0.29, 0.717) is 23.8 Å². The number of para-hydroxylation sites is 1. The third-order valence-electron chi connectivity index (χ3n) is 3.79. The van der Waals surface area contributed by atoms with Crippen molar-refractivity contribution in [3.63, 3.8) is 0 Å². The summed E-state index contributed by atoms with van der Waals surface area (Å²) in [6.45, 7) is 0.540. The van der Waals surface area contributed by atoms with Crippen molar-refractivity contribution in [2.24, 2.45) is 4.99 Å². The van der Waals surface area contributed by atoms with E-state index in [0.717, 1.165) is 11.3 Å². The highest BCUT2D eigenvalue weighted by Crippen LogP contribution is 2.34. The third kappa shape index (κ3) is 4.16. The molecule has 6 nitrogen and oxygen atoms in total. The number of anilines is 1. The maximum absolute atomic E-state index is 9.13. The lowest BCUT2D eigenvalue weighted by Gasteiger charge is -2.42. The van der Waals surface area contributed by atoms with Crippen LogP contribution >= 0.6 is 23.4 Å². The number of aliphatic hydroxyl groups is 1. The van der Waals surface area contributed by atoms with Gasteiger partial charge in [0.1, 0.15) is 5.17 Å². The number of aliphatic imine (C=N–C) groups is 1. The van der Waals surface area contributed by atoms with Gasteiger partial charge in [-0.1, -0.05) is 29.8 Å². The summed E-state index contributed by atoms with van der Waals surface area (Å²) in [5.74, 6) is -1.21. The summed E-state index contributed by atoms with van der Waals surface area (Å²) in [4.78, 5) is 8.56. The first-order valence-corrected chi connectivity index (χ1v) is 8.89. The Hall–Kier alpha value is -2.12. The van der Waals surface area contributed by atoms with E-state index < -0.39 is 5.91 Å². The molecule has 1 aromatic heterocycles. The molecule has 3 rings (SSSR count). The molecule has 0 saturated carbocycles. The number of hydrogen-bond donors (Lipinski definition) is 3. The summed E-state index contributed by atoms with van der Waals surface area (Å²) in [7, 11) is 0. The highest BCUT2D eigenvalue weighted by molar-refractivity contribution is 6.69. The molecular formula is C18H19Cl2N5O. The van der Waals surface area contributed by atoms with Crippen molar-refractivity contribution in [1.82, 2.24) is 14.7 Å². The molecule has 8 heteroatoms. The molecule has 0 bridgehead atoms. The molecular weight excluding hydrogens is 373 g/mol. The van der Waals surface area contributed by atoms with Crippen LogP contribution in [-0.4, -0.2) is 38.7 Å². The summed E-state index contributed by atoms with van der Waals surface area (Å²) in [5.41, 5.74) is 2.35. The molecule has 2 aromatic rings. The van der Waals surface area contributed by atoms with Crippen molar-refractivity contribution in [3.05, 3.63) is 66.5 Å². The minimum atomic E-state index is -1.21. The first-order valence-electron chi connectivity index (χ1n) is 8.17. The van der Waals surface area contributed by atoms with Gasteiger partial charge in [-0.2, -0.15) is 0 Å². The van der Waals surface area contributed by atoms with E-state index in [2.05, 4.69) is 20.6 Å². The van der Waals surface area contributed by atoms with Gasteiger partial charge in [0.25, 0.3) is 5.91 Å². The fraction of sp³-hybridized carbons (Fsp3) is 0.222. The molecule has 26 heavy (non-hydrogen) atoms. The number of nitrogens with zero attached hydrogens (tertiary/aromatic N) is 3. The molecule has 136 valence electrons. The summed E-state index contributed by atoms with van der Waals surface area (Å²) in [5, 5.41) is 16.0. The molecule has 1 aromatic carbocycles. The van der Waals surface area contributed by atoms with E-state index in [1.54, 1.807) is 18.5 Å². The monoisotopic (exact) mass is 391 g/mol. The zero-order valence-electron chi connectivity index (χ0n) is 13.9. The maximum Gasteiger partial charge on any atom is 0.284 e. The van der Waals surface area contributed by atoms with Gasteiger partial charge in [0.2, 0.25) is 0 Å². The lowest BCUT2D eigenvalue weighted by Crippen LogP contribution is -2.60. The van der Waals surface area contributed by atoms with Crippen molar-refractivity contribution in [1.29, 1.82) is 0 Å². The fourth-order valence-electron chi connectivity index (χ4n) is 2.59. The Morgan fingerprint density at radius 2 is 1.85 bits per heavy atom. The van der Waals surface area contributed by atoms with E-state index in [4.69, 9.17) is 28.5 Å². The Balaban J connectivity index is 1.98. The molecule has 1 atom stereocenters. The molecule has 1 aliphatic heterocycles. The lowest BCUT2D eigenvalue weighted by atomic mass is 10.1. The van der Waals surface area contributed by atoms with Crippen LogP contribution in [0.5, 0.6) is 0 Å².